The van der Waals surface area contributed by atoms with Crippen molar-refractivity contribution in [3.05, 3.63) is 111 Å². The first-order chi connectivity index (χ1) is 17.2. The Labute approximate surface area is 200 Å². The summed E-state index contributed by atoms with van der Waals surface area (Å²) >= 11 is 0. The van der Waals surface area contributed by atoms with Crippen LogP contribution in [0.15, 0.2) is 60.9 Å². The summed E-state index contributed by atoms with van der Waals surface area (Å²) in [6.07, 6.45) is 2.62. The average Bonchev–Trinajstić information content (AvgIpc) is 3.59. The molecule has 2 bridgehead atoms. The minimum absolute atomic E-state index is 0.167. The van der Waals surface area contributed by atoms with Gasteiger partial charge in [-0.2, -0.15) is 5.10 Å². The molecular weight excluding hydrogens is 426 g/mol. The molecule has 2 aromatic carbocycles. The smallest absolute Gasteiger partial charge is 0.251 e. The topological polar surface area (TPSA) is 95.1 Å². The maximum atomic E-state index is 13.0. The molecule has 34 heavy (non-hydrogen) atoms. The van der Waals surface area contributed by atoms with Crippen molar-refractivity contribution >= 4 is 11.7 Å². The SMILES string of the molecule is [2H]C([2H])(c1ccc2c(c1)C1OC2c2cc(C(=O)NCc3c(C)cc(N)nc3C)ccc21)n1cccn1. The third-order valence-corrected chi connectivity index (χ3v) is 6.59. The van der Waals surface area contributed by atoms with Crippen LogP contribution in [-0.2, 0) is 17.8 Å². The number of aromatic nitrogens is 3. The van der Waals surface area contributed by atoms with Crippen molar-refractivity contribution < 1.29 is 12.3 Å². The van der Waals surface area contributed by atoms with Crippen LogP contribution in [0, 0.1) is 13.8 Å². The van der Waals surface area contributed by atoms with Gasteiger partial charge in [-0.05, 0) is 77.1 Å². The number of pyridine rings is 1. The minimum atomic E-state index is -1.78. The van der Waals surface area contributed by atoms with Gasteiger partial charge in [0.05, 0.1) is 9.24 Å². The summed E-state index contributed by atoms with van der Waals surface area (Å²) in [5.41, 5.74) is 13.6. The van der Waals surface area contributed by atoms with Crippen molar-refractivity contribution in [3.8, 4) is 0 Å². The molecule has 170 valence electrons. The number of benzene rings is 2. The molecule has 0 spiro atoms. The number of nitrogens with one attached hydrogen (secondary N) is 1. The van der Waals surface area contributed by atoms with Crippen LogP contribution < -0.4 is 11.1 Å². The standard InChI is InChI=1S/C27H25N5O2/c1-15-10-24(28)31-16(2)23(15)13-29-27(33)18-5-7-20-22(12-18)26-19-6-4-17(11-21(19)25(20)34-26)14-32-9-3-8-30-32/h3-12,25-26H,13-14H2,1-2H3,(H2,28,31)(H,29,33)/i14D2. The first-order valence-corrected chi connectivity index (χ1v) is 11.2. The van der Waals surface area contributed by atoms with Gasteiger partial charge < -0.3 is 15.8 Å². The first kappa shape index (κ1) is 18.5. The Hall–Kier alpha value is -3.97. The molecule has 2 aliphatic heterocycles. The highest BCUT2D eigenvalue weighted by molar-refractivity contribution is 5.94. The fraction of sp³-hybridized carbons (Fsp3) is 0.222. The van der Waals surface area contributed by atoms with Crippen LogP contribution in [0.2, 0.25) is 0 Å². The number of carbonyl (C=O) groups excluding carboxylic acids is 1. The first-order valence-electron chi connectivity index (χ1n) is 12.2. The molecule has 7 heteroatoms. The van der Waals surface area contributed by atoms with Gasteiger partial charge in [-0.3, -0.25) is 9.48 Å². The predicted molar refractivity (Wildman–Crippen MR) is 128 cm³/mol. The number of amides is 1. The fourth-order valence-corrected chi connectivity index (χ4v) is 4.95. The molecule has 3 N–H and O–H groups in total. The minimum Gasteiger partial charge on any atom is -0.384 e. The molecule has 7 nitrogen and oxygen atoms in total. The molecule has 0 saturated carbocycles. The number of anilines is 1. The number of aryl methyl sites for hydroxylation is 2. The van der Waals surface area contributed by atoms with Gasteiger partial charge in [-0.25, -0.2) is 4.98 Å². The summed E-state index contributed by atoms with van der Waals surface area (Å²) in [5.74, 6) is 0.304. The Morgan fingerprint density at radius 3 is 2.62 bits per heavy atom. The van der Waals surface area contributed by atoms with Crippen LogP contribution in [0.25, 0.3) is 0 Å². The summed E-state index contributed by atoms with van der Waals surface area (Å²) < 4.78 is 24.7. The number of ether oxygens (including phenoxy) is 1. The van der Waals surface area contributed by atoms with E-state index >= 15 is 0 Å². The van der Waals surface area contributed by atoms with E-state index in [0.29, 0.717) is 23.5 Å². The second kappa shape index (κ2) is 7.81. The Morgan fingerprint density at radius 1 is 1.12 bits per heavy atom. The number of hydrogen-bond donors (Lipinski definition) is 2. The van der Waals surface area contributed by atoms with Crippen LogP contribution in [0.4, 0.5) is 5.82 Å². The third-order valence-electron chi connectivity index (χ3n) is 6.59. The van der Waals surface area contributed by atoms with E-state index < -0.39 is 6.50 Å². The number of rotatable bonds is 5. The van der Waals surface area contributed by atoms with Crippen LogP contribution in [-0.4, -0.2) is 20.7 Å². The fourth-order valence-electron chi connectivity index (χ4n) is 4.95. The van der Waals surface area contributed by atoms with Crippen molar-refractivity contribution in [1.29, 1.82) is 0 Å². The van der Waals surface area contributed by atoms with Gasteiger partial charge in [-0.15, -0.1) is 0 Å². The van der Waals surface area contributed by atoms with E-state index in [1.165, 1.54) is 4.68 Å². The van der Waals surface area contributed by atoms with E-state index in [1.807, 2.05) is 44.2 Å². The second-order valence-electron chi connectivity index (χ2n) is 8.76. The zero-order chi connectivity index (χ0) is 25.2. The van der Waals surface area contributed by atoms with Crippen molar-refractivity contribution in [3.63, 3.8) is 0 Å². The van der Waals surface area contributed by atoms with E-state index in [4.69, 9.17) is 13.2 Å². The van der Waals surface area contributed by atoms with Crippen LogP contribution in [0.5, 0.6) is 0 Å². The lowest BCUT2D eigenvalue weighted by molar-refractivity contribution is 0.0857. The van der Waals surface area contributed by atoms with E-state index in [-0.39, 0.29) is 18.1 Å². The van der Waals surface area contributed by atoms with Gasteiger partial charge in [0.1, 0.15) is 18.0 Å². The number of carbonyl (C=O) groups is 1. The Kier molecular flexibility index (Phi) is 4.24. The zero-order valence-corrected chi connectivity index (χ0v) is 18.9. The number of hydrogen-bond acceptors (Lipinski definition) is 5. The van der Waals surface area contributed by atoms with Gasteiger partial charge in [0.2, 0.25) is 0 Å². The van der Waals surface area contributed by atoms with E-state index in [1.54, 1.807) is 30.6 Å². The molecule has 2 unspecified atom stereocenters. The number of nitrogens with zero attached hydrogens (tertiary/aromatic N) is 3. The summed E-state index contributed by atoms with van der Waals surface area (Å²) in [6, 6.07) is 14.7. The van der Waals surface area contributed by atoms with Gasteiger partial charge in [0, 0.05) is 30.2 Å². The van der Waals surface area contributed by atoms with Crippen molar-refractivity contribution in [2.24, 2.45) is 0 Å². The van der Waals surface area contributed by atoms with E-state index in [0.717, 1.165) is 39.1 Å². The molecule has 0 fully saturated rings. The van der Waals surface area contributed by atoms with Crippen molar-refractivity contribution in [2.75, 3.05) is 5.73 Å². The molecular formula is C27H25N5O2. The van der Waals surface area contributed by atoms with E-state index in [2.05, 4.69) is 15.4 Å². The van der Waals surface area contributed by atoms with Gasteiger partial charge in [-0.1, -0.05) is 24.3 Å². The maximum absolute atomic E-state index is 13.0. The Balaban J connectivity index is 1.24. The molecule has 0 saturated heterocycles. The third kappa shape index (κ3) is 3.36. The Bertz CT molecular complexity index is 1490. The highest BCUT2D eigenvalue weighted by Gasteiger charge is 2.42. The molecule has 1 amide bonds. The highest BCUT2D eigenvalue weighted by atomic mass is 16.5. The second-order valence-corrected chi connectivity index (χ2v) is 8.76. The van der Waals surface area contributed by atoms with Crippen molar-refractivity contribution in [2.45, 2.75) is 39.1 Å². The highest BCUT2D eigenvalue weighted by Crippen LogP contribution is 2.54. The molecule has 0 radical (unpaired) electrons. The molecule has 0 aliphatic carbocycles. The average molecular weight is 454 g/mol. The lowest BCUT2D eigenvalue weighted by Gasteiger charge is -2.18. The molecule has 4 aromatic rings. The summed E-state index contributed by atoms with van der Waals surface area (Å²) in [6.45, 7) is 2.44. The van der Waals surface area contributed by atoms with Crippen LogP contribution in [0.1, 0.15) is 69.9 Å². The predicted octanol–water partition coefficient (Wildman–Crippen LogP) is 3.98. The Morgan fingerprint density at radius 2 is 1.88 bits per heavy atom. The van der Waals surface area contributed by atoms with Crippen LogP contribution in [0.3, 0.4) is 0 Å². The monoisotopic (exact) mass is 453 g/mol. The van der Waals surface area contributed by atoms with Gasteiger partial charge in [0.15, 0.2) is 0 Å². The maximum Gasteiger partial charge on any atom is 0.251 e. The lowest BCUT2D eigenvalue weighted by Crippen LogP contribution is -2.24. The normalized spacial score (nSPS) is 18.8. The van der Waals surface area contributed by atoms with Crippen molar-refractivity contribution in [1.82, 2.24) is 20.1 Å². The van der Waals surface area contributed by atoms with Gasteiger partial charge in [0.25, 0.3) is 5.91 Å². The summed E-state index contributed by atoms with van der Waals surface area (Å²) in [4.78, 5) is 17.3. The number of fused-ring (bicyclic) bond motifs is 8. The largest absolute Gasteiger partial charge is 0.384 e. The lowest BCUT2D eigenvalue weighted by atomic mass is 9.84. The zero-order valence-electron chi connectivity index (χ0n) is 20.9. The summed E-state index contributed by atoms with van der Waals surface area (Å²) in [7, 11) is 0. The molecule has 6 rings (SSSR count). The quantitative estimate of drug-likeness (QED) is 0.477. The molecule has 2 atom stereocenters. The summed E-state index contributed by atoms with van der Waals surface area (Å²) in [5, 5.41) is 7.08. The number of nitrogens with two attached hydrogens (primary N) is 1. The molecule has 4 heterocycles. The molecule has 2 aliphatic rings. The number of nitrogen functional groups attached to an aromatic ring is 1. The van der Waals surface area contributed by atoms with Gasteiger partial charge >= 0.3 is 0 Å². The molecule has 2 aromatic heterocycles. The van der Waals surface area contributed by atoms with E-state index in [9.17, 15) is 4.79 Å². The van der Waals surface area contributed by atoms with Crippen LogP contribution >= 0.6 is 0 Å².